The number of nitrogens with one attached hydrogen (secondary N) is 2. The van der Waals surface area contributed by atoms with Crippen LogP contribution in [0.25, 0.3) is 10.9 Å². The van der Waals surface area contributed by atoms with E-state index in [4.69, 9.17) is 0 Å². The molecular weight excluding hydrogens is 392 g/mol. The fourth-order valence-electron chi connectivity index (χ4n) is 5.14. The molecule has 2 heterocycles. The molecule has 2 aromatic carbocycles. The summed E-state index contributed by atoms with van der Waals surface area (Å²) in [5.74, 6) is 1.20. The Kier molecular flexibility index (Phi) is 8.17. The van der Waals surface area contributed by atoms with Gasteiger partial charge in [-0.3, -0.25) is 4.79 Å². The first kappa shape index (κ1) is 22.8. The summed E-state index contributed by atoms with van der Waals surface area (Å²) in [4.78, 5) is 16.2. The number of fused-ring (bicyclic) bond motifs is 1. The van der Waals surface area contributed by atoms with Crippen molar-refractivity contribution in [3.63, 3.8) is 0 Å². The van der Waals surface area contributed by atoms with Crippen LogP contribution in [0.15, 0.2) is 48.7 Å². The Morgan fingerprint density at radius 2 is 1.78 bits per heavy atom. The Morgan fingerprint density at radius 3 is 2.62 bits per heavy atom. The van der Waals surface area contributed by atoms with Crippen LogP contribution >= 0.6 is 0 Å². The van der Waals surface area contributed by atoms with Crippen molar-refractivity contribution in [2.24, 2.45) is 5.92 Å². The molecule has 0 atom stereocenters. The van der Waals surface area contributed by atoms with Gasteiger partial charge in [0.05, 0.1) is 0 Å². The van der Waals surface area contributed by atoms with E-state index in [-0.39, 0.29) is 0 Å². The summed E-state index contributed by atoms with van der Waals surface area (Å²) in [5.41, 5.74) is 6.41. The lowest BCUT2D eigenvalue weighted by Crippen LogP contribution is -2.27. The molecule has 2 N–H and O–H groups in total. The number of hydrogen-bond acceptors (Lipinski definition) is 2. The van der Waals surface area contributed by atoms with Crippen LogP contribution in [-0.4, -0.2) is 23.9 Å². The van der Waals surface area contributed by atoms with Crippen LogP contribution in [0.4, 0.5) is 0 Å². The Bertz CT molecular complexity index is 1010. The second-order valence-electron chi connectivity index (χ2n) is 9.60. The van der Waals surface area contributed by atoms with Crippen molar-refractivity contribution < 1.29 is 4.79 Å². The van der Waals surface area contributed by atoms with Crippen LogP contribution in [-0.2, 0) is 24.1 Å². The van der Waals surface area contributed by atoms with Gasteiger partial charge in [0.2, 0.25) is 0 Å². The summed E-state index contributed by atoms with van der Waals surface area (Å²) in [7, 11) is 0. The molecule has 0 unspecified atom stereocenters. The molecule has 3 aromatic rings. The predicted molar refractivity (Wildman–Crippen MR) is 134 cm³/mol. The van der Waals surface area contributed by atoms with Gasteiger partial charge in [0.25, 0.3) is 0 Å². The molecule has 4 rings (SSSR count). The molecule has 32 heavy (non-hydrogen) atoms. The highest BCUT2D eigenvalue weighted by atomic mass is 16.1. The zero-order valence-electron chi connectivity index (χ0n) is 19.6. The van der Waals surface area contributed by atoms with E-state index in [1.165, 1.54) is 65.3 Å². The highest BCUT2D eigenvalue weighted by Gasteiger charge is 2.14. The van der Waals surface area contributed by atoms with Crippen molar-refractivity contribution >= 4 is 16.7 Å². The number of rotatable bonds is 11. The van der Waals surface area contributed by atoms with Crippen LogP contribution in [0.3, 0.4) is 0 Å². The SMILES string of the molecule is CCCCc1cc(CC(=O)CCCC2CCNCC2)cc(Cc2c[nH]c3ccccc23)c1. The number of hydrogen-bond donors (Lipinski definition) is 2. The van der Waals surface area contributed by atoms with Gasteiger partial charge in [-0.2, -0.15) is 0 Å². The molecule has 170 valence electrons. The molecule has 0 saturated carbocycles. The lowest BCUT2D eigenvalue weighted by molar-refractivity contribution is -0.118. The van der Waals surface area contributed by atoms with E-state index in [0.29, 0.717) is 12.2 Å². The standard InChI is InChI=1S/C29H38N2O/c1-2-3-7-23-16-24(19-26-21-31-29-11-5-4-10-28(26)29)18-25(17-23)20-27(32)9-6-8-22-12-14-30-15-13-22/h4-5,10-11,16-18,21-22,30-31H,2-3,6-9,12-15,19-20H2,1H3. The third-order valence-electron chi connectivity index (χ3n) is 6.93. The monoisotopic (exact) mass is 430 g/mol. The normalized spacial score (nSPS) is 14.8. The molecule has 0 spiro atoms. The van der Waals surface area contributed by atoms with E-state index in [2.05, 4.69) is 65.9 Å². The average molecular weight is 431 g/mol. The number of benzene rings is 2. The highest BCUT2D eigenvalue weighted by molar-refractivity contribution is 5.83. The molecular formula is C29H38N2O. The Labute approximate surface area is 193 Å². The quantitative estimate of drug-likeness (QED) is 0.370. The van der Waals surface area contributed by atoms with E-state index in [9.17, 15) is 4.79 Å². The number of aryl methyl sites for hydroxylation is 1. The van der Waals surface area contributed by atoms with Crippen LogP contribution in [0.1, 0.15) is 74.1 Å². The number of aromatic nitrogens is 1. The van der Waals surface area contributed by atoms with Crippen molar-refractivity contribution in [2.75, 3.05) is 13.1 Å². The maximum absolute atomic E-state index is 12.8. The van der Waals surface area contributed by atoms with Crippen molar-refractivity contribution in [3.8, 4) is 0 Å². The number of Topliss-reactive ketones (excluding diaryl/α,β-unsaturated/α-hetero) is 1. The van der Waals surface area contributed by atoms with Crippen LogP contribution in [0.5, 0.6) is 0 Å². The number of aromatic amines is 1. The van der Waals surface area contributed by atoms with Crippen molar-refractivity contribution in [3.05, 3.63) is 70.9 Å². The molecule has 3 nitrogen and oxygen atoms in total. The van der Waals surface area contributed by atoms with Gasteiger partial charge in [0, 0.05) is 29.9 Å². The molecule has 0 bridgehead atoms. The minimum Gasteiger partial charge on any atom is -0.361 e. The Balaban J connectivity index is 1.41. The van der Waals surface area contributed by atoms with Crippen molar-refractivity contribution in [2.45, 2.75) is 71.1 Å². The molecule has 1 aromatic heterocycles. The Hall–Kier alpha value is -2.39. The predicted octanol–water partition coefficient (Wildman–Crippen LogP) is 6.38. The number of para-hydroxylation sites is 1. The molecule has 1 aliphatic rings. The van der Waals surface area contributed by atoms with E-state index in [1.54, 1.807) is 0 Å². The van der Waals surface area contributed by atoms with Crippen molar-refractivity contribution in [1.82, 2.24) is 10.3 Å². The summed E-state index contributed by atoms with van der Waals surface area (Å²) < 4.78 is 0. The van der Waals surface area contributed by atoms with Gasteiger partial charge in [-0.05, 0) is 92.3 Å². The summed E-state index contributed by atoms with van der Waals surface area (Å²) in [6, 6.07) is 15.4. The smallest absolute Gasteiger partial charge is 0.137 e. The zero-order valence-corrected chi connectivity index (χ0v) is 19.6. The second kappa shape index (κ2) is 11.5. The van der Waals surface area contributed by atoms with Gasteiger partial charge in [0.1, 0.15) is 5.78 Å². The fourth-order valence-corrected chi connectivity index (χ4v) is 5.14. The van der Waals surface area contributed by atoms with Crippen LogP contribution in [0, 0.1) is 5.92 Å². The third kappa shape index (κ3) is 6.32. The van der Waals surface area contributed by atoms with Gasteiger partial charge in [-0.1, -0.05) is 49.7 Å². The second-order valence-corrected chi connectivity index (χ2v) is 9.60. The van der Waals surface area contributed by atoms with Crippen molar-refractivity contribution in [1.29, 1.82) is 0 Å². The number of H-pyrrole nitrogens is 1. The van der Waals surface area contributed by atoms with E-state index >= 15 is 0 Å². The number of piperidine rings is 1. The molecule has 0 amide bonds. The minimum atomic E-state index is 0.393. The summed E-state index contributed by atoms with van der Waals surface area (Å²) in [6.07, 6.45) is 12.6. The van der Waals surface area contributed by atoms with Gasteiger partial charge in [-0.15, -0.1) is 0 Å². The number of carbonyl (C=O) groups is 1. The minimum absolute atomic E-state index is 0.393. The maximum Gasteiger partial charge on any atom is 0.137 e. The van der Waals surface area contributed by atoms with Crippen LogP contribution in [0.2, 0.25) is 0 Å². The number of unbranched alkanes of at least 4 members (excludes halogenated alkanes) is 1. The van der Waals surface area contributed by atoms with E-state index in [0.717, 1.165) is 44.7 Å². The molecule has 1 aliphatic heterocycles. The molecule has 1 fully saturated rings. The zero-order chi connectivity index (χ0) is 22.2. The van der Waals surface area contributed by atoms with Gasteiger partial charge in [-0.25, -0.2) is 0 Å². The Morgan fingerprint density at radius 1 is 1.00 bits per heavy atom. The number of carbonyl (C=O) groups excluding carboxylic acids is 1. The first-order valence-electron chi connectivity index (χ1n) is 12.6. The van der Waals surface area contributed by atoms with Gasteiger partial charge in [0.15, 0.2) is 0 Å². The molecule has 0 aliphatic carbocycles. The first-order valence-corrected chi connectivity index (χ1v) is 12.6. The van der Waals surface area contributed by atoms with E-state index < -0.39 is 0 Å². The summed E-state index contributed by atoms with van der Waals surface area (Å²) >= 11 is 0. The van der Waals surface area contributed by atoms with Crippen LogP contribution < -0.4 is 5.32 Å². The fraction of sp³-hybridized carbons (Fsp3) is 0.483. The third-order valence-corrected chi connectivity index (χ3v) is 6.93. The topological polar surface area (TPSA) is 44.9 Å². The molecule has 1 saturated heterocycles. The average Bonchev–Trinajstić information content (AvgIpc) is 3.21. The largest absolute Gasteiger partial charge is 0.361 e. The lowest BCUT2D eigenvalue weighted by atomic mass is 9.91. The maximum atomic E-state index is 12.8. The highest BCUT2D eigenvalue weighted by Crippen LogP contribution is 2.24. The van der Waals surface area contributed by atoms with Gasteiger partial charge >= 0.3 is 0 Å². The van der Waals surface area contributed by atoms with E-state index in [1.807, 2.05) is 0 Å². The first-order chi connectivity index (χ1) is 15.7. The summed E-state index contributed by atoms with van der Waals surface area (Å²) in [6.45, 7) is 4.52. The molecule has 0 radical (unpaired) electrons. The lowest BCUT2D eigenvalue weighted by Gasteiger charge is -2.22. The number of ketones is 1. The molecule has 3 heteroatoms. The summed E-state index contributed by atoms with van der Waals surface area (Å²) in [5, 5.41) is 4.72. The van der Waals surface area contributed by atoms with Gasteiger partial charge < -0.3 is 10.3 Å².